The summed E-state index contributed by atoms with van der Waals surface area (Å²) in [5, 5.41) is 0. The Morgan fingerprint density at radius 2 is 0.600 bits per heavy atom. The van der Waals surface area contributed by atoms with Gasteiger partial charge in [0, 0.05) is 6.42 Å². The number of unbranched alkanes of at least 4 members (excludes halogenated alkanes) is 25. The smallest absolute Gasteiger partial charge is 0.0586 e. The van der Waals surface area contributed by atoms with E-state index in [-0.39, 0.29) is 0 Å². The molecule has 0 aliphatic heterocycles. The molecule has 0 unspecified atom stereocenters. The van der Waals surface area contributed by atoms with Crippen molar-refractivity contribution in [3.63, 3.8) is 0 Å². The van der Waals surface area contributed by atoms with Gasteiger partial charge in [-0.1, -0.05) is 173 Å². The van der Waals surface area contributed by atoms with Crippen LogP contribution in [0, 0.1) is 11.6 Å². The molecule has 0 rings (SSSR count). The summed E-state index contributed by atoms with van der Waals surface area (Å²) in [5.74, 6) is 3.03. The summed E-state index contributed by atoms with van der Waals surface area (Å²) in [6.07, 6.45) is 37.3. The van der Waals surface area contributed by atoms with Crippen LogP contribution in [0.4, 0.5) is 0 Å². The van der Waals surface area contributed by atoms with Crippen molar-refractivity contribution in [2.24, 2.45) is 0 Å². The van der Waals surface area contributed by atoms with Crippen LogP contribution in [0.5, 0.6) is 0 Å². The Labute approximate surface area is 194 Å². The van der Waals surface area contributed by atoms with Gasteiger partial charge in [-0.2, -0.15) is 0 Å². The van der Waals surface area contributed by atoms with Crippen LogP contribution in [0.3, 0.4) is 0 Å². The SMILES string of the molecule is CCCCCCCCCCCCCCCCCCCCCCCCCCCC#C[P]. The summed E-state index contributed by atoms with van der Waals surface area (Å²) in [6.45, 7) is 2.30. The van der Waals surface area contributed by atoms with E-state index in [4.69, 9.17) is 0 Å². The monoisotopic (exact) mass is 434 g/mol. The molecule has 0 spiro atoms. The lowest BCUT2D eigenvalue weighted by atomic mass is 10.0. The summed E-state index contributed by atoms with van der Waals surface area (Å²) in [4.78, 5) is 0. The lowest BCUT2D eigenvalue weighted by Crippen LogP contribution is -1.84. The summed E-state index contributed by atoms with van der Waals surface area (Å²) >= 11 is 0. The van der Waals surface area contributed by atoms with Gasteiger partial charge in [-0.3, -0.25) is 0 Å². The highest BCUT2D eigenvalue weighted by Crippen LogP contribution is 2.15. The lowest BCUT2D eigenvalue weighted by Gasteiger charge is -2.04. The average Bonchev–Trinajstić information content (AvgIpc) is 2.76. The molecule has 0 bridgehead atoms. The van der Waals surface area contributed by atoms with Gasteiger partial charge >= 0.3 is 0 Å². The molecule has 0 amide bonds. The highest BCUT2D eigenvalue weighted by atomic mass is 31.0. The van der Waals surface area contributed by atoms with Gasteiger partial charge in [0.05, 0.1) is 9.24 Å². The summed E-state index contributed by atoms with van der Waals surface area (Å²) in [7, 11) is 3.91. The Morgan fingerprint density at radius 3 is 0.833 bits per heavy atom. The van der Waals surface area contributed by atoms with Crippen molar-refractivity contribution in [1.82, 2.24) is 0 Å². The molecule has 30 heavy (non-hydrogen) atoms. The van der Waals surface area contributed by atoms with Gasteiger partial charge in [0.25, 0.3) is 0 Å². The molecule has 0 atom stereocenters. The van der Waals surface area contributed by atoms with Crippen LogP contribution in [-0.4, -0.2) is 0 Å². The molecule has 0 aromatic heterocycles. The Hall–Kier alpha value is -0.0100. The first kappa shape index (κ1) is 30.0. The second-order valence-corrected chi connectivity index (χ2v) is 9.75. The molecule has 0 aromatic rings. The molecule has 0 saturated heterocycles. The first-order chi connectivity index (χ1) is 14.9. The quantitative estimate of drug-likeness (QED) is 0.0761. The molecule has 0 aromatic carbocycles. The van der Waals surface area contributed by atoms with Crippen LogP contribution in [-0.2, 0) is 0 Å². The maximum absolute atomic E-state index is 3.91. The van der Waals surface area contributed by atoms with Crippen LogP contribution in [0.2, 0.25) is 0 Å². The largest absolute Gasteiger partial charge is 0.0979 e. The topological polar surface area (TPSA) is 0 Å². The zero-order chi connectivity index (χ0) is 21.8. The molecule has 0 heterocycles. The molecule has 2 radical (unpaired) electrons. The van der Waals surface area contributed by atoms with Crippen LogP contribution in [0.25, 0.3) is 0 Å². The molecule has 0 fully saturated rings. The molecule has 0 aliphatic rings. The Balaban J connectivity index is 2.99. The van der Waals surface area contributed by atoms with Gasteiger partial charge < -0.3 is 0 Å². The predicted octanol–water partition coefficient (Wildman–Crippen LogP) is 11.5. The van der Waals surface area contributed by atoms with E-state index in [0.717, 1.165) is 6.42 Å². The van der Waals surface area contributed by atoms with Gasteiger partial charge in [0.1, 0.15) is 0 Å². The normalized spacial score (nSPS) is 10.9. The minimum atomic E-state index is 1.03. The third-order valence-electron chi connectivity index (χ3n) is 6.48. The molecule has 0 nitrogen and oxygen atoms in total. The lowest BCUT2D eigenvalue weighted by molar-refractivity contribution is 0.516. The fraction of sp³-hybridized carbons (Fsp3) is 0.931. The molecular weight excluding hydrogens is 379 g/mol. The third-order valence-corrected chi connectivity index (χ3v) is 6.64. The summed E-state index contributed by atoms with van der Waals surface area (Å²) in [6, 6.07) is 0. The van der Waals surface area contributed by atoms with E-state index in [1.807, 2.05) is 0 Å². The fourth-order valence-electron chi connectivity index (χ4n) is 4.41. The van der Waals surface area contributed by atoms with Gasteiger partial charge in [-0.15, -0.1) is 0 Å². The van der Waals surface area contributed by atoms with Gasteiger partial charge in [-0.25, -0.2) is 0 Å². The van der Waals surface area contributed by atoms with Crippen molar-refractivity contribution >= 4 is 9.24 Å². The Bertz CT molecular complexity index is 351. The van der Waals surface area contributed by atoms with Crippen molar-refractivity contribution in [3.05, 3.63) is 0 Å². The van der Waals surface area contributed by atoms with E-state index in [9.17, 15) is 0 Å². The van der Waals surface area contributed by atoms with E-state index in [1.54, 1.807) is 0 Å². The minimum absolute atomic E-state index is 1.03. The van der Waals surface area contributed by atoms with Crippen molar-refractivity contribution in [1.29, 1.82) is 0 Å². The molecule has 0 saturated carbocycles. The summed E-state index contributed by atoms with van der Waals surface area (Å²) in [5.41, 5.74) is 2.68. The predicted molar refractivity (Wildman–Crippen MR) is 140 cm³/mol. The van der Waals surface area contributed by atoms with Crippen molar-refractivity contribution in [2.45, 2.75) is 174 Å². The van der Waals surface area contributed by atoms with E-state index < -0.39 is 0 Å². The van der Waals surface area contributed by atoms with E-state index in [2.05, 4.69) is 27.7 Å². The van der Waals surface area contributed by atoms with Gasteiger partial charge in [0.15, 0.2) is 0 Å². The highest BCUT2D eigenvalue weighted by Gasteiger charge is 1.96. The zero-order valence-electron chi connectivity index (χ0n) is 20.8. The Morgan fingerprint density at radius 1 is 0.367 bits per heavy atom. The van der Waals surface area contributed by atoms with Gasteiger partial charge in [-0.05, 0) is 6.42 Å². The molecule has 0 N–H and O–H groups in total. The third kappa shape index (κ3) is 28.0. The first-order valence-electron chi connectivity index (χ1n) is 14.0. The standard InChI is InChI=1S/C29H55P/c1-2-3-4-5-6-7-8-9-10-11-12-13-14-15-16-17-18-19-20-21-22-23-24-25-26-27-28-29-30/h2-27H2,1H3. The van der Waals surface area contributed by atoms with E-state index >= 15 is 0 Å². The molecule has 0 aliphatic carbocycles. The van der Waals surface area contributed by atoms with Crippen LogP contribution in [0.1, 0.15) is 174 Å². The van der Waals surface area contributed by atoms with Crippen molar-refractivity contribution in [3.8, 4) is 11.6 Å². The maximum atomic E-state index is 3.91. The molecular formula is C29H55P. The average molecular weight is 435 g/mol. The fourth-order valence-corrected chi connectivity index (χ4v) is 4.52. The second-order valence-electron chi connectivity index (χ2n) is 9.52. The highest BCUT2D eigenvalue weighted by molar-refractivity contribution is 7.23. The molecule has 1 heteroatoms. The number of rotatable bonds is 25. The Kier molecular flexibility index (Phi) is 29.0. The van der Waals surface area contributed by atoms with Crippen LogP contribution in [0.15, 0.2) is 0 Å². The van der Waals surface area contributed by atoms with Crippen LogP contribution < -0.4 is 0 Å². The van der Waals surface area contributed by atoms with Crippen LogP contribution >= 0.6 is 9.24 Å². The zero-order valence-corrected chi connectivity index (χ0v) is 21.7. The minimum Gasteiger partial charge on any atom is -0.0979 e. The molecule has 176 valence electrons. The summed E-state index contributed by atoms with van der Waals surface area (Å²) < 4.78 is 0. The van der Waals surface area contributed by atoms with E-state index in [0.29, 0.717) is 0 Å². The van der Waals surface area contributed by atoms with Gasteiger partial charge in [0.2, 0.25) is 0 Å². The number of hydrogen-bond donors (Lipinski definition) is 0. The first-order valence-corrected chi connectivity index (χ1v) is 14.5. The maximum Gasteiger partial charge on any atom is 0.0586 e. The van der Waals surface area contributed by atoms with Crippen molar-refractivity contribution < 1.29 is 0 Å². The van der Waals surface area contributed by atoms with Crippen molar-refractivity contribution in [2.75, 3.05) is 0 Å². The van der Waals surface area contributed by atoms with E-state index in [1.165, 1.54) is 161 Å². The number of hydrogen-bond acceptors (Lipinski definition) is 0. The second kappa shape index (κ2) is 29.0.